The molecular formula is C9H11N3O3S. The lowest BCUT2D eigenvalue weighted by molar-refractivity contribution is -0.389. The fourth-order valence-electron chi connectivity index (χ4n) is 0.970. The minimum absolute atomic E-state index is 0.0852. The van der Waals surface area contributed by atoms with Gasteiger partial charge in [-0.05, 0) is 11.3 Å². The molecule has 0 aliphatic carbocycles. The van der Waals surface area contributed by atoms with Crippen molar-refractivity contribution in [1.82, 2.24) is 9.97 Å². The van der Waals surface area contributed by atoms with Crippen molar-refractivity contribution in [2.75, 3.05) is 5.75 Å². The molecule has 1 heterocycles. The summed E-state index contributed by atoms with van der Waals surface area (Å²) in [6, 6.07) is 0. The Morgan fingerprint density at radius 1 is 1.75 bits per heavy atom. The molecule has 0 unspecified atom stereocenters. The number of carbonyl (C=O) groups is 1. The molecule has 1 aromatic heterocycles. The van der Waals surface area contributed by atoms with E-state index >= 15 is 0 Å². The second-order valence-corrected chi connectivity index (χ2v) is 4.21. The topological polar surface area (TPSA) is 88.9 Å². The number of imidazole rings is 1. The first-order valence-corrected chi connectivity index (χ1v) is 5.57. The Morgan fingerprint density at radius 3 is 3.06 bits per heavy atom. The molecule has 86 valence electrons. The van der Waals surface area contributed by atoms with Gasteiger partial charge in [0.15, 0.2) is 5.12 Å². The normalized spacial score (nSPS) is 10.8. The third-order valence-electron chi connectivity index (χ3n) is 1.64. The van der Waals surface area contributed by atoms with Crippen LogP contribution in [0.25, 0.3) is 6.08 Å². The Balaban J connectivity index is 2.38. The molecule has 0 atom stereocenters. The monoisotopic (exact) mass is 241 g/mol. The number of hydrogen-bond donors (Lipinski definition) is 1. The number of thioether (sulfide) groups is 1. The van der Waals surface area contributed by atoms with E-state index in [2.05, 4.69) is 9.97 Å². The number of carbonyl (C=O) groups excluding carboxylic acids is 1. The number of rotatable bonds is 5. The molecule has 6 nitrogen and oxygen atoms in total. The summed E-state index contributed by atoms with van der Waals surface area (Å²) in [4.78, 5) is 26.8. The standard InChI is InChI=1S/C9H11N3O3S/c1-7(13)16-5-3-2-4-8-10-6-9(11-8)12(14)15/h2,4,6H,3,5H2,1H3,(H,10,11). The molecule has 0 saturated heterocycles. The molecular weight excluding hydrogens is 230 g/mol. The van der Waals surface area contributed by atoms with Gasteiger partial charge in [-0.3, -0.25) is 4.79 Å². The second-order valence-electron chi connectivity index (χ2n) is 2.94. The highest BCUT2D eigenvalue weighted by Gasteiger charge is 2.06. The first-order chi connectivity index (χ1) is 7.59. The zero-order chi connectivity index (χ0) is 12.0. The minimum Gasteiger partial charge on any atom is -0.358 e. The van der Waals surface area contributed by atoms with Crippen molar-refractivity contribution in [3.05, 3.63) is 28.2 Å². The Kier molecular flexibility index (Phi) is 4.71. The number of allylic oxidation sites excluding steroid dienone is 1. The molecule has 0 fully saturated rings. The lowest BCUT2D eigenvalue weighted by atomic mass is 10.4. The fraction of sp³-hybridized carbons (Fsp3) is 0.333. The average molecular weight is 241 g/mol. The van der Waals surface area contributed by atoms with Crippen molar-refractivity contribution >= 4 is 28.8 Å². The quantitative estimate of drug-likeness (QED) is 0.484. The number of nitrogens with zero attached hydrogens (tertiary/aromatic N) is 2. The van der Waals surface area contributed by atoms with Crippen LogP contribution in [0.4, 0.5) is 5.82 Å². The van der Waals surface area contributed by atoms with Crippen LogP contribution in [-0.4, -0.2) is 25.8 Å². The van der Waals surface area contributed by atoms with Crippen LogP contribution in [-0.2, 0) is 4.79 Å². The van der Waals surface area contributed by atoms with Gasteiger partial charge >= 0.3 is 5.82 Å². The largest absolute Gasteiger partial charge is 0.358 e. The van der Waals surface area contributed by atoms with Gasteiger partial charge in [0.25, 0.3) is 0 Å². The maximum atomic E-state index is 10.6. The predicted molar refractivity (Wildman–Crippen MR) is 62.0 cm³/mol. The number of nitro groups is 1. The predicted octanol–water partition coefficient (Wildman–Crippen LogP) is 2.00. The van der Waals surface area contributed by atoms with E-state index in [4.69, 9.17) is 0 Å². The molecule has 0 bridgehead atoms. The number of hydrogen-bond acceptors (Lipinski definition) is 5. The first-order valence-electron chi connectivity index (χ1n) is 4.59. The van der Waals surface area contributed by atoms with Gasteiger partial charge in [-0.1, -0.05) is 17.8 Å². The van der Waals surface area contributed by atoms with Crippen molar-refractivity contribution in [3.8, 4) is 0 Å². The molecule has 0 aromatic carbocycles. The lowest BCUT2D eigenvalue weighted by Gasteiger charge is -1.89. The summed E-state index contributed by atoms with van der Waals surface area (Å²) in [5.74, 6) is 1.02. The van der Waals surface area contributed by atoms with Crippen LogP contribution in [0, 0.1) is 10.1 Å². The van der Waals surface area contributed by atoms with Gasteiger partial charge in [0.1, 0.15) is 6.20 Å². The molecule has 0 amide bonds. The molecule has 1 aromatic rings. The van der Waals surface area contributed by atoms with E-state index < -0.39 is 4.92 Å². The molecule has 1 N–H and O–H groups in total. The highest BCUT2D eigenvalue weighted by Crippen LogP contribution is 2.08. The summed E-state index contributed by atoms with van der Waals surface area (Å²) < 4.78 is 0. The summed E-state index contributed by atoms with van der Waals surface area (Å²) in [5.41, 5.74) is 0. The summed E-state index contributed by atoms with van der Waals surface area (Å²) in [6.45, 7) is 1.52. The van der Waals surface area contributed by atoms with Crippen molar-refractivity contribution < 1.29 is 9.72 Å². The van der Waals surface area contributed by atoms with Crippen LogP contribution in [0.15, 0.2) is 12.3 Å². The molecule has 0 aliphatic rings. The van der Waals surface area contributed by atoms with Crippen LogP contribution in [0.2, 0.25) is 0 Å². The average Bonchev–Trinajstić information content (AvgIpc) is 2.65. The van der Waals surface area contributed by atoms with Crippen LogP contribution in [0.5, 0.6) is 0 Å². The molecule has 1 rings (SSSR count). The minimum atomic E-state index is -0.532. The lowest BCUT2D eigenvalue weighted by Crippen LogP contribution is -1.86. The fourth-order valence-corrected chi connectivity index (χ4v) is 1.51. The van der Waals surface area contributed by atoms with Gasteiger partial charge in [0.05, 0.1) is 0 Å². The van der Waals surface area contributed by atoms with E-state index in [1.165, 1.54) is 24.9 Å². The van der Waals surface area contributed by atoms with Crippen molar-refractivity contribution in [2.24, 2.45) is 0 Å². The van der Waals surface area contributed by atoms with Crippen LogP contribution >= 0.6 is 11.8 Å². The van der Waals surface area contributed by atoms with E-state index in [1.54, 1.807) is 6.08 Å². The maximum Gasteiger partial charge on any atom is 0.340 e. The van der Waals surface area contributed by atoms with Crippen LogP contribution in [0.1, 0.15) is 19.2 Å². The number of H-pyrrole nitrogens is 1. The van der Waals surface area contributed by atoms with Gasteiger partial charge < -0.3 is 10.1 Å². The first kappa shape index (κ1) is 12.4. The summed E-state index contributed by atoms with van der Waals surface area (Å²) in [7, 11) is 0. The second kappa shape index (κ2) is 6.06. The third-order valence-corrected chi connectivity index (χ3v) is 2.49. The number of aromatic nitrogens is 2. The van der Waals surface area contributed by atoms with Gasteiger partial charge in [0, 0.05) is 18.8 Å². The van der Waals surface area contributed by atoms with Gasteiger partial charge in [-0.15, -0.1) is 0 Å². The smallest absolute Gasteiger partial charge is 0.340 e. The molecule has 7 heteroatoms. The van der Waals surface area contributed by atoms with Gasteiger partial charge in [-0.2, -0.15) is 0 Å². The van der Waals surface area contributed by atoms with Crippen LogP contribution in [0.3, 0.4) is 0 Å². The maximum absolute atomic E-state index is 10.6. The Labute approximate surface area is 96.3 Å². The molecule has 0 saturated carbocycles. The van der Waals surface area contributed by atoms with E-state index in [0.29, 0.717) is 11.6 Å². The summed E-state index contributed by atoms with van der Waals surface area (Å²) in [5, 5.41) is 10.4. The van der Waals surface area contributed by atoms with E-state index in [0.717, 1.165) is 6.42 Å². The highest BCUT2D eigenvalue weighted by molar-refractivity contribution is 8.13. The van der Waals surface area contributed by atoms with Crippen molar-refractivity contribution in [2.45, 2.75) is 13.3 Å². The number of nitrogens with one attached hydrogen (secondary N) is 1. The zero-order valence-electron chi connectivity index (χ0n) is 8.67. The molecule has 16 heavy (non-hydrogen) atoms. The van der Waals surface area contributed by atoms with E-state index in [1.807, 2.05) is 6.08 Å². The SMILES string of the molecule is CC(=O)SCCC=Cc1ncc([N+](=O)[O-])[nH]1. The Hall–Kier alpha value is -1.63. The zero-order valence-corrected chi connectivity index (χ0v) is 9.49. The van der Waals surface area contributed by atoms with Gasteiger partial charge in [-0.25, -0.2) is 9.97 Å². The van der Waals surface area contributed by atoms with Crippen molar-refractivity contribution in [1.29, 1.82) is 0 Å². The van der Waals surface area contributed by atoms with Gasteiger partial charge in [0.2, 0.25) is 5.82 Å². The highest BCUT2D eigenvalue weighted by atomic mass is 32.2. The molecule has 0 spiro atoms. The van der Waals surface area contributed by atoms with Crippen LogP contribution < -0.4 is 0 Å². The van der Waals surface area contributed by atoms with E-state index in [9.17, 15) is 14.9 Å². The third kappa shape index (κ3) is 4.26. The summed E-state index contributed by atoms with van der Waals surface area (Å²) >= 11 is 1.25. The Bertz CT molecular complexity index is 414. The number of aromatic amines is 1. The van der Waals surface area contributed by atoms with E-state index in [-0.39, 0.29) is 10.9 Å². The Morgan fingerprint density at radius 2 is 2.50 bits per heavy atom. The molecule has 0 aliphatic heterocycles. The summed E-state index contributed by atoms with van der Waals surface area (Å²) in [6.07, 6.45) is 5.37. The van der Waals surface area contributed by atoms with Crippen molar-refractivity contribution in [3.63, 3.8) is 0 Å². The molecule has 0 radical (unpaired) electrons.